The van der Waals surface area contributed by atoms with Crippen LogP contribution in [0.15, 0.2) is 12.1 Å². The van der Waals surface area contributed by atoms with Crippen molar-refractivity contribution in [2.75, 3.05) is 32.7 Å². The first-order chi connectivity index (χ1) is 8.16. The summed E-state index contributed by atoms with van der Waals surface area (Å²) in [6.45, 7) is 4.45. The van der Waals surface area contributed by atoms with Crippen LogP contribution in [-0.2, 0) is 6.42 Å². The average molecular weight is 242 g/mol. The zero-order valence-corrected chi connectivity index (χ0v) is 9.55. The maximum Gasteiger partial charge on any atom is 0.165 e. The van der Waals surface area contributed by atoms with Gasteiger partial charge in [-0.1, -0.05) is 0 Å². The Hall–Kier alpha value is -1.20. The lowest BCUT2D eigenvalue weighted by Crippen LogP contribution is -2.44. The molecule has 1 aromatic rings. The lowest BCUT2D eigenvalue weighted by molar-refractivity contribution is 0.243. The number of halogens is 2. The van der Waals surface area contributed by atoms with Crippen molar-refractivity contribution in [1.82, 2.24) is 10.2 Å². The van der Waals surface area contributed by atoms with Gasteiger partial charge in [0.25, 0.3) is 0 Å². The molecule has 1 aromatic carbocycles. The third-order valence-corrected chi connectivity index (χ3v) is 3.02. The number of hydrogen-bond acceptors (Lipinski definition) is 3. The highest BCUT2D eigenvalue weighted by Gasteiger charge is 2.12. The standard InChI is InChI=1S/C12H16F2N2O/c13-10-8-12(17)11(14)7-9(10)1-4-16-5-2-15-3-6-16/h7-8,15,17H,1-6H2. The number of piperazine rings is 1. The van der Waals surface area contributed by atoms with Gasteiger partial charge in [0.05, 0.1) is 0 Å². The van der Waals surface area contributed by atoms with Crippen molar-refractivity contribution in [1.29, 1.82) is 0 Å². The van der Waals surface area contributed by atoms with E-state index < -0.39 is 17.4 Å². The van der Waals surface area contributed by atoms with Gasteiger partial charge in [-0.15, -0.1) is 0 Å². The predicted octanol–water partition coefficient (Wildman–Crippen LogP) is 1.12. The Balaban J connectivity index is 1.96. The molecular formula is C12H16F2N2O. The summed E-state index contributed by atoms with van der Waals surface area (Å²) in [6.07, 6.45) is 0.461. The highest BCUT2D eigenvalue weighted by atomic mass is 19.1. The van der Waals surface area contributed by atoms with E-state index in [4.69, 9.17) is 5.11 Å². The molecular weight excluding hydrogens is 226 g/mol. The third kappa shape index (κ3) is 3.14. The molecule has 1 aliphatic heterocycles. The number of benzene rings is 1. The van der Waals surface area contributed by atoms with Gasteiger partial charge in [-0.2, -0.15) is 0 Å². The Labute approximate surface area is 99.1 Å². The molecule has 2 rings (SSSR count). The Kier molecular flexibility index (Phi) is 3.91. The number of phenols is 1. The molecule has 0 spiro atoms. The molecule has 1 heterocycles. The lowest BCUT2D eigenvalue weighted by Gasteiger charge is -2.27. The van der Waals surface area contributed by atoms with Gasteiger partial charge in [0.1, 0.15) is 5.82 Å². The van der Waals surface area contributed by atoms with Crippen molar-refractivity contribution < 1.29 is 13.9 Å². The number of nitrogens with one attached hydrogen (secondary N) is 1. The zero-order valence-electron chi connectivity index (χ0n) is 9.55. The van der Waals surface area contributed by atoms with E-state index in [0.29, 0.717) is 18.5 Å². The quantitative estimate of drug-likeness (QED) is 0.833. The number of phenolic OH excluding ortho intramolecular Hbond substituents is 1. The Bertz CT molecular complexity index is 392. The smallest absolute Gasteiger partial charge is 0.165 e. The fourth-order valence-electron chi connectivity index (χ4n) is 1.98. The predicted molar refractivity (Wildman–Crippen MR) is 61.0 cm³/mol. The van der Waals surface area contributed by atoms with Crippen LogP contribution in [0.25, 0.3) is 0 Å². The van der Waals surface area contributed by atoms with E-state index in [2.05, 4.69) is 10.2 Å². The van der Waals surface area contributed by atoms with Crippen LogP contribution in [0.1, 0.15) is 5.56 Å². The summed E-state index contributed by atoms with van der Waals surface area (Å²) in [5.41, 5.74) is 0.318. The first-order valence-electron chi connectivity index (χ1n) is 5.77. The molecule has 0 atom stereocenters. The van der Waals surface area contributed by atoms with Crippen LogP contribution in [0.5, 0.6) is 5.75 Å². The van der Waals surface area contributed by atoms with Crippen LogP contribution in [0.4, 0.5) is 8.78 Å². The summed E-state index contributed by atoms with van der Waals surface area (Å²) in [6, 6.07) is 1.91. The van der Waals surface area contributed by atoms with Crippen LogP contribution < -0.4 is 5.32 Å². The van der Waals surface area contributed by atoms with E-state index in [1.807, 2.05) is 0 Å². The summed E-state index contributed by atoms with van der Waals surface area (Å²) in [5.74, 6) is -1.94. The van der Waals surface area contributed by atoms with Crippen molar-refractivity contribution in [3.05, 3.63) is 29.3 Å². The zero-order chi connectivity index (χ0) is 12.3. The van der Waals surface area contributed by atoms with Crippen molar-refractivity contribution in [3.8, 4) is 5.75 Å². The fraction of sp³-hybridized carbons (Fsp3) is 0.500. The monoisotopic (exact) mass is 242 g/mol. The number of nitrogens with zero attached hydrogens (tertiary/aromatic N) is 1. The minimum absolute atomic E-state index is 0.318. The van der Waals surface area contributed by atoms with Crippen LogP contribution in [0.3, 0.4) is 0 Å². The number of hydrogen-bond donors (Lipinski definition) is 2. The minimum Gasteiger partial charge on any atom is -0.505 e. The summed E-state index contributed by atoms with van der Waals surface area (Å²) in [7, 11) is 0. The normalized spacial score (nSPS) is 17.3. The first-order valence-corrected chi connectivity index (χ1v) is 5.77. The molecule has 3 nitrogen and oxygen atoms in total. The molecule has 1 aliphatic rings. The molecule has 0 radical (unpaired) electrons. The second-order valence-electron chi connectivity index (χ2n) is 4.24. The van der Waals surface area contributed by atoms with Gasteiger partial charge >= 0.3 is 0 Å². The van der Waals surface area contributed by atoms with Crippen LogP contribution in [0.2, 0.25) is 0 Å². The van der Waals surface area contributed by atoms with Gasteiger partial charge in [0.2, 0.25) is 0 Å². The molecule has 1 fully saturated rings. The van der Waals surface area contributed by atoms with Crippen molar-refractivity contribution >= 4 is 0 Å². The molecule has 0 amide bonds. The molecule has 94 valence electrons. The molecule has 17 heavy (non-hydrogen) atoms. The molecule has 0 bridgehead atoms. The van der Waals surface area contributed by atoms with Gasteiger partial charge in [-0.25, -0.2) is 8.78 Å². The van der Waals surface area contributed by atoms with Crippen LogP contribution in [-0.4, -0.2) is 42.7 Å². The molecule has 0 aliphatic carbocycles. The Morgan fingerprint density at radius 2 is 1.88 bits per heavy atom. The van der Waals surface area contributed by atoms with E-state index in [1.165, 1.54) is 0 Å². The molecule has 0 aromatic heterocycles. The van der Waals surface area contributed by atoms with Crippen molar-refractivity contribution in [2.24, 2.45) is 0 Å². The van der Waals surface area contributed by atoms with E-state index in [1.54, 1.807) is 0 Å². The summed E-state index contributed by atoms with van der Waals surface area (Å²) in [4.78, 5) is 2.21. The SMILES string of the molecule is Oc1cc(F)c(CCN2CCNCC2)cc1F. The van der Waals surface area contributed by atoms with E-state index in [0.717, 1.165) is 38.3 Å². The topological polar surface area (TPSA) is 35.5 Å². The van der Waals surface area contributed by atoms with Crippen LogP contribution >= 0.6 is 0 Å². The summed E-state index contributed by atoms with van der Waals surface area (Å²) in [5, 5.41) is 12.2. The molecule has 2 N–H and O–H groups in total. The number of aromatic hydroxyl groups is 1. The second kappa shape index (κ2) is 5.42. The number of rotatable bonds is 3. The van der Waals surface area contributed by atoms with Gasteiger partial charge in [0, 0.05) is 38.8 Å². The summed E-state index contributed by atoms with van der Waals surface area (Å²) >= 11 is 0. The highest BCUT2D eigenvalue weighted by molar-refractivity contribution is 5.29. The molecule has 0 unspecified atom stereocenters. The lowest BCUT2D eigenvalue weighted by atomic mass is 10.1. The van der Waals surface area contributed by atoms with Gasteiger partial charge in [0.15, 0.2) is 11.6 Å². The molecule has 1 saturated heterocycles. The Morgan fingerprint density at radius 3 is 2.59 bits per heavy atom. The fourth-order valence-corrected chi connectivity index (χ4v) is 1.98. The van der Waals surface area contributed by atoms with E-state index in [9.17, 15) is 8.78 Å². The highest BCUT2D eigenvalue weighted by Crippen LogP contribution is 2.20. The van der Waals surface area contributed by atoms with Gasteiger partial charge in [-0.3, -0.25) is 0 Å². The Morgan fingerprint density at radius 1 is 1.18 bits per heavy atom. The molecule has 0 saturated carbocycles. The maximum atomic E-state index is 13.4. The third-order valence-electron chi connectivity index (χ3n) is 3.02. The van der Waals surface area contributed by atoms with Crippen LogP contribution in [0, 0.1) is 11.6 Å². The van der Waals surface area contributed by atoms with Crippen molar-refractivity contribution in [2.45, 2.75) is 6.42 Å². The van der Waals surface area contributed by atoms with E-state index in [-0.39, 0.29) is 0 Å². The van der Waals surface area contributed by atoms with Gasteiger partial charge < -0.3 is 15.3 Å². The van der Waals surface area contributed by atoms with Crippen molar-refractivity contribution in [3.63, 3.8) is 0 Å². The minimum atomic E-state index is -0.762. The van der Waals surface area contributed by atoms with E-state index >= 15 is 0 Å². The first kappa shape index (κ1) is 12.3. The largest absolute Gasteiger partial charge is 0.505 e. The summed E-state index contributed by atoms with van der Waals surface area (Å²) < 4.78 is 26.5. The molecule has 5 heteroatoms. The second-order valence-corrected chi connectivity index (χ2v) is 4.24. The van der Waals surface area contributed by atoms with Gasteiger partial charge in [-0.05, 0) is 18.1 Å². The maximum absolute atomic E-state index is 13.4. The average Bonchev–Trinajstić information content (AvgIpc) is 2.33.